The van der Waals surface area contributed by atoms with Crippen molar-refractivity contribution in [2.75, 3.05) is 0 Å². The van der Waals surface area contributed by atoms with Gasteiger partial charge in [-0.1, -0.05) is 97.1 Å². The Balaban J connectivity index is 1.58. The second kappa shape index (κ2) is 13.4. The smallest absolute Gasteiger partial charge is 0.166 e. The minimum atomic E-state index is -0.818. The van der Waals surface area contributed by atoms with Crippen molar-refractivity contribution in [3.63, 3.8) is 0 Å². The van der Waals surface area contributed by atoms with E-state index in [0.29, 0.717) is 0 Å². The molecule has 0 aliphatic rings. The standard InChI is InChI=1S/C32H34F2/c1-3-5-7-9-25-11-13-27(14-12-25)15-16-28-19-23-30(24-20-28)32(34)31(33)29-21-17-26(18-22-29)10-8-6-4-2/h3-6,11-14,17-24H,7-10,15-16H2,1-2H3/b5-3+,6-4+,32-31+. The lowest BCUT2D eigenvalue weighted by molar-refractivity contribution is 0.700. The number of hydrogen-bond donors (Lipinski definition) is 0. The number of allylic oxidation sites excluding steroid dienone is 4. The van der Waals surface area contributed by atoms with E-state index in [-0.39, 0.29) is 11.1 Å². The Hall–Kier alpha value is -3.26. The van der Waals surface area contributed by atoms with Crippen molar-refractivity contribution in [3.05, 3.63) is 130 Å². The molecule has 0 aliphatic carbocycles. The molecule has 0 radical (unpaired) electrons. The van der Waals surface area contributed by atoms with E-state index >= 15 is 0 Å². The van der Waals surface area contributed by atoms with Gasteiger partial charge in [0.2, 0.25) is 0 Å². The van der Waals surface area contributed by atoms with Crippen LogP contribution in [0.5, 0.6) is 0 Å². The molecule has 34 heavy (non-hydrogen) atoms. The zero-order valence-corrected chi connectivity index (χ0v) is 20.2. The van der Waals surface area contributed by atoms with E-state index < -0.39 is 11.7 Å². The van der Waals surface area contributed by atoms with Crippen LogP contribution in [0.2, 0.25) is 0 Å². The van der Waals surface area contributed by atoms with E-state index in [2.05, 4.69) is 42.5 Å². The molecule has 0 saturated carbocycles. The zero-order chi connectivity index (χ0) is 24.2. The zero-order valence-electron chi connectivity index (χ0n) is 20.2. The largest absolute Gasteiger partial charge is 0.203 e. The van der Waals surface area contributed by atoms with E-state index in [1.165, 1.54) is 11.1 Å². The Morgan fingerprint density at radius 1 is 0.500 bits per heavy atom. The first-order valence-electron chi connectivity index (χ1n) is 12.1. The van der Waals surface area contributed by atoms with E-state index in [9.17, 15) is 8.78 Å². The third-order valence-electron chi connectivity index (χ3n) is 6.00. The summed E-state index contributed by atoms with van der Waals surface area (Å²) in [7, 11) is 0. The molecule has 0 aliphatic heterocycles. The van der Waals surface area contributed by atoms with Crippen molar-refractivity contribution in [2.24, 2.45) is 0 Å². The fraction of sp³-hybridized carbons (Fsp3) is 0.250. The van der Waals surface area contributed by atoms with Gasteiger partial charge in [0.25, 0.3) is 0 Å². The Morgan fingerprint density at radius 2 is 0.794 bits per heavy atom. The van der Waals surface area contributed by atoms with Gasteiger partial charge < -0.3 is 0 Å². The van der Waals surface area contributed by atoms with Crippen molar-refractivity contribution in [1.82, 2.24) is 0 Å². The third kappa shape index (κ3) is 7.66. The quantitative estimate of drug-likeness (QED) is 0.199. The summed E-state index contributed by atoms with van der Waals surface area (Å²) in [6.07, 6.45) is 14.1. The number of halogens is 2. The van der Waals surface area contributed by atoms with Crippen molar-refractivity contribution >= 4 is 11.7 Å². The van der Waals surface area contributed by atoms with E-state index in [1.54, 1.807) is 24.3 Å². The van der Waals surface area contributed by atoms with Crippen molar-refractivity contribution < 1.29 is 8.78 Å². The minimum absolute atomic E-state index is 0.267. The average molecular weight is 457 g/mol. The van der Waals surface area contributed by atoms with Crippen LogP contribution in [-0.4, -0.2) is 0 Å². The van der Waals surface area contributed by atoms with Gasteiger partial charge in [0, 0.05) is 11.1 Å². The lowest BCUT2D eigenvalue weighted by atomic mass is 10.0. The molecule has 3 aromatic rings. The highest BCUT2D eigenvalue weighted by atomic mass is 19.2. The highest BCUT2D eigenvalue weighted by molar-refractivity contribution is 5.83. The van der Waals surface area contributed by atoms with Crippen LogP contribution in [0.1, 0.15) is 60.1 Å². The predicted molar refractivity (Wildman–Crippen MR) is 142 cm³/mol. The van der Waals surface area contributed by atoms with Gasteiger partial charge in [-0.05, 0) is 74.6 Å². The average Bonchev–Trinajstić information content (AvgIpc) is 2.88. The Bertz CT molecular complexity index is 1100. The normalized spacial score (nSPS) is 12.5. The van der Waals surface area contributed by atoms with Gasteiger partial charge >= 0.3 is 0 Å². The molecule has 0 fully saturated rings. The predicted octanol–water partition coefficient (Wildman–Crippen LogP) is 9.25. The van der Waals surface area contributed by atoms with Crippen molar-refractivity contribution in [3.8, 4) is 0 Å². The second-order valence-electron chi connectivity index (χ2n) is 8.55. The van der Waals surface area contributed by atoms with E-state index in [1.807, 2.05) is 44.2 Å². The van der Waals surface area contributed by atoms with Gasteiger partial charge in [0.1, 0.15) is 0 Å². The number of benzene rings is 3. The van der Waals surface area contributed by atoms with Gasteiger partial charge in [-0.3, -0.25) is 0 Å². The van der Waals surface area contributed by atoms with E-state index in [0.717, 1.165) is 49.7 Å². The molecule has 0 spiro atoms. The summed E-state index contributed by atoms with van der Waals surface area (Å²) in [6, 6.07) is 22.9. The maximum Gasteiger partial charge on any atom is 0.166 e. The molecule has 0 atom stereocenters. The van der Waals surface area contributed by atoms with Crippen LogP contribution in [0, 0.1) is 0 Å². The van der Waals surface area contributed by atoms with Gasteiger partial charge in [0.15, 0.2) is 11.7 Å². The molecule has 3 aromatic carbocycles. The van der Waals surface area contributed by atoms with Crippen LogP contribution >= 0.6 is 0 Å². The Labute approximate surface area is 203 Å². The second-order valence-corrected chi connectivity index (χ2v) is 8.55. The molecule has 0 amide bonds. The first-order chi connectivity index (χ1) is 16.6. The Kier molecular flexibility index (Phi) is 10.0. The summed E-state index contributed by atoms with van der Waals surface area (Å²) >= 11 is 0. The Morgan fingerprint density at radius 3 is 1.12 bits per heavy atom. The van der Waals surface area contributed by atoms with Crippen LogP contribution in [0.15, 0.2) is 97.1 Å². The number of rotatable bonds is 11. The van der Waals surface area contributed by atoms with Crippen molar-refractivity contribution in [1.29, 1.82) is 0 Å². The molecule has 176 valence electrons. The van der Waals surface area contributed by atoms with Crippen LogP contribution in [-0.2, 0) is 25.7 Å². The minimum Gasteiger partial charge on any atom is -0.203 e. The van der Waals surface area contributed by atoms with E-state index in [4.69, 9.17) is 0 Å². The summed E-state index contributed by atoms with van der Waals surface area (Å²) in [5.74, 6) is -1.64. The fourth-order valence-corrected chi connectivity index (χ4v) is 3.88. The fourth-order valence-electron chi connectivity index (χ4n) is 3.88. The lowest BCUT2D eigenvalue weighted by Crippen LogP contribution is -1.93. The molecule has 0 aromatic heterocycles. The molecule has 0 saturated heterocycles. The maximum absolute atomic E-state index is 14.8. The summed E-state index contributed by atoms with van der Waals surface area (Å²) in [5.41, 5.74) is 5.39. The molecular formula is C32H34F2. The first-order valence-corrected chi connectivity index (χ1v) is 12.1. The van der Waals surface area contributed by atoms with Crippen LogP contribution in [0.25, 0.3) is 11.7 Å². The van der Waals surface area contributed by atoms with Crippen LogP contribution < -0.4 is 0 Å². The molecule has 0 unspecified atom stereocenters. The molecule has 0 nitrogen and oxygen atoms in total. The van der Waals surface area contributed by atoms with Gasteiger partial charge in [0.05, 0.1) is 0 Å². The van der Waals surface area contributed by atoms with Gasteiger partial charge in [-0.25, -0.2) is 8.78 Å². The topological polar surface area (TPSA) is 0 Å². The summed E-state index contributed by atoms with van der Waals surface area (Å²) in [5, 5.41) is 0. The van der Waals surface area contributed by atoms with Crippen LogP contribution in [0.3, 0.4) is 0 Å². The molecular weight excluding hydrogens is 422 g/mol. The number of hydrogen-bond acceptors (Lipinski definition) is 0. The molecule has 3 rings (SSSR count). The molecule has 0 N–H and O–H groups in total. The monoisotopic (exact) mass is 456 g/mol. The SMILES string of the molecule is C/C=C/CCc1ccc(CCc2ccc(/C(F)=C(\F)c3ccc(CC/C=C/C)cc3)cc2)cc1. The third-order valence-corrected chi connectivity index (χ3v) is 6.00. The summed E-state index contributed by atoms with van der Waals surface area (Å²) in [4.78, 5) is 0. The lowest BCUT2D eigenvalue weighted by Gasteiger charge is -2.07. The van der Waals surface area contributed by atoms with Gasteiger partial charge in [-0.15, -0.1) is 0 Å². The van der Waals surface area contributed by atoms with Gasteiger partial charge in [-0.2, -0.15) is 0 Å². The first kappa shape index (κ1) is 25.4. The highest BCUT2D eigenvalue weighted by Crippen LogP contribution is 2.29. The van der Waals surface area contributed by atoms with Crippen molar-refractivity contribution in [2.45, 2.75) is 52.4 Å². The van der Waals surface area contributed by atoms with Crippen LogP contribution in [0.4, 0.5) is 8.78 Å². The number of aryl methyl sites for hydroxylation is 4. The molecule has 0 bridgehead atoms. The molecule has 0 heterocycles. The summed E-state index contributed by atoms with van der Waals surface area (Å²) in [6.45, 7) is 4.04. The summed E-state index contributed by atoms with van der Waals surface area (Å²) < 4.78 is 29.5. The maximum atomic E-state index is 14.8. The molecule has 2 heteroatoms. The highest BCUT2D eigenvalue weighted by Gasteiger charge is 2.11.